The first-order valence-corrected chi connectivity index (χ1v) is 7.18. The zero-order valence-corrected chi connectivity index (χ0v) is 11.7. The molecule has 100 valence electrons. The second kappa shape index (κ2) is 6.35. The van der Waals surface area contributed by atoms with Crippen molar-refractivity contribution in [1.82, 2.24) is 4.90 Å². The summed E-state index contributed by atoms with van der Waals surface area (Å²) in [5.41, 5.74) is 8.71. The zero-order chi connectivity index (χ0) is 13.0. The SMILES string of the molecule is CC(N)Cc1ccc(C2CCCN(C)CC2)cc1. The molecular formula is C16H26N2. The van der Waals surface area contributed by atoms with E-state index in [1.54, 1.807) is 0 Å². The van der Waals surface area contributed by atoms with Gasteiger partial charge in [-0.15, -0.1) is 0 Å². The van der Waals surface area contributed by atoms with Gasteiger partial charge in [-0.2, -0.15) is 0 Å². The molecule has 0 radical (unpaired) electrons. The van der Waals surface area contributed by atoms with Gasteiger partial charge in [0.05, 0.1) is 0 Å². The number of benzene rings is 1. The van der Waals surface area contributed by atoms with Gasteiger partial charge in [-0.05, 0) is 69.8 Å². The van der Waals surface area contributed by atoms with Gasteiger partial charge in [-0.25, -0.2) is 0 Å². The Balaban J connectivity index is 2.00. The maximum absolute atomic E-state index is 5.84. The molecule has 0 saturated carbocycles. The molecule has 1 saturated heterocycles. The predicted octanol–water partition coefficient (Wildman–Crippen LogP) is 2.78. The number of nitrogens with zero attached hydrogens (tertiary/aromatic N) is 1. The van der Waals surface area contributed by atoms with Gasteiger partial charge in [0.1, 0.15) is 0 Å². The summed E-state index contributed by atoms with van der Waals surface area (Å²) in [7, 11) is 2.23. The highest BCUT2D eigenvalue weighted by Crippen LogP contribution is 2.27. The van der Waals surface area contributed by atoms with Crippen molar-refractivity contribution in [3.8, 4) is 0 Å². The Morgan fingerprint density at radius 2 is 1.94 bits per heavy atom. The molecule has 1 aromatic carbocycles. The Morgan fingerprint density at radius 1 is 1.22 bits per heavy atom. The van der Waals surface area contributed by atoms with Crippen LogP contribution in [-0.4, -0.2) is 31.1 Å². The van der Waals surface area contributed by atoms with Crippen LogP contribution < -0.4 is 5.73 Å². The first kappa shape index (κ1) is 13.6. The summed E-state index contributed by atoms with van der Waals surface area (Å²) < 4.78 is 0. The molecule has 1 fully saturated rings. The fraction of sp³-hybridized carbons (Fsp3) is 0.625. The van der Waals surface area contributed by atoms with E-state index in [4.69, 9.17) is 5.73 Å². The van der Waals surface area contributed by atoms with Crippen LogP contribution in [0.3, 0.4) is 0 Å². The van der Waals surface area contributed by atoms with Gasteiger partial charge in [0, 0.05) is 6.04 Å². The average Bonchev–Trinajstić information content (AvgIpc) is 2.54. The number of hydrogen-bond acceptors (Lipinski definition) is 2. The van der Waals surface area contributed by atoms with Crippen LogP contribution in [0.4, 0.5) is 0 Å². The summed E-state index contributed by atoms with van der Waals surface area (Å²) in [6.07, 6.45) is 4.93. The van der Waals surface area contributed by atoms with Gasteiger partial charge in [0.15, 0.2) is 0 Å². The van der Waals surface area contributed by atoms with Crippen LogP contribution in [-0.2, 0) is 6.42 Å². The normalized spacial score (nSPS) is 23.6. The molecule has 2 nitrogen and oxygen atoms in total. The predicted molar refractivity (Wildman–Crippen MR) is 77.9 cm³/mol. The van der Waals surface area contributed by atoms with Crippen LogP contribution in [0.15, 0.2) is 24.3 Å². The molecule has 2 heteroatoms. The first-order chi connectivity index (χ1) is 8.65. The van der Waals surface area contributed by atoms with Gasteiger partial charge < -0.3 is 10.6 Å². The van der Waals surface area contributed by atoms with Crippen LogP contribution in [0, 0.1) is 0 Å². The van der Waals surface area contributed by atoms with Crippen molar-refractivity contribution in [3.05, 3.63) is 35.4 Å². The maximum Gasteiger partial charge on any atom is 0.00509 e. The van der Waals surface area contributed by atoms with Crippen molar-refractivity contribution < 1.29 is 0 Å². The molecule has 2 unspecified atom stereocenters. The van der Waals surface area contributed by atoms with Crippen LogP contribution in [0.5, 0.6) is 0 Å². The minimum atomic E-state index is 0.252. The minimum Gasteiger partial charge on any atom is -0.328 e. The third-order valence-corrected chi connectivity index (χ3v) is 3.96. The number of likely N-dealkylation sites (tertiary alicyclic amines) is 1. The summed E-state index contributed by atoms with van der Waals surface area (Å²) in [5, 5.41) is 0. The highest BCUT2D eigenvalue weighted by molar-refractivity contribution is 5.26. The van der Waals surface area contributed by atoms with E-state index in [0.717, 1.165) is 12.3 Å². The van der Waals surface area contributed by atoms with Crippen molar-refractivity contribution in [2.24, 2.45) is 5.73 Å². The molecule has 0 aromatic heterocycles. The molecule has 1 aliphatic heterocycles. The van der Waals surface area contributed by atoms with E-state index >= 15 is 0 Å². The van der Waals surface area contributed by atoms with E-state index in [2.05, 4.69) is 43.1 Å². The van der Waals surface area contributed by atoms with Gasteiger partial charge in [-0.1, -0.05) is 24.3 Å². The molecule has 0 bridgehead atoms. The number of rotatable bonds is 3. The monoisotopic (exact) mass is 246 g/mol. The third kappa shape index (κ3) is 3.82. The Bertz CT molecular complexity index is 356. The second-order valence-electron chi connectivity index (χ2n) is 5.85. The van der Waals surface area contributed by atoms with Crippen LogP contribution >= 0.6 is 0 Å². The maximum atomic E-state index is 5.84. The molecule has 1 aromatic rings. The summed E-state index contributed by atoms with van der Waals surface area (Å²) in [5.74, 6) is 0.749. The van der Waals surface area contributed by atoms with E-state index in [1.807, 2.05) is 0 Å². The van der Waals surface area contributed by atoms with Crippen molar-refractivity contribution in [3.63, 3.8) is 0 Å². The number of hydrogen-bond donors (Lipinski definition) is 1. The topological polar surface area (TPSA) is 29.3 Å². The first-order valence-electron chi connectivity index (χ1n) is 7.18. The quantitative estimate of drug-likeness (QED) is 0.888. The van der Waals surface area contributed by atoms with Crippen LogP contribution in [0.25, 0.3) is 0 Å². The smallest absolute Gasteiger partial charge is 0.00509 e. The van der Waals surface area contributed by atoms with Crippen LogP contribution in [0.2, 0.25) is 0 Å². The molecule has 2 N–H and O–H groups in total. The molecular weight excluding hydrogens is 220 g/mol. The highest BCUT2D eigenvalue weighted by Gasteiger charge is 2.16. The largest absolute Gasteiger partial charge is 0.328 e. The zero-order valence-electron chi connectivity index (χ0n) is 11.7. The summed E-state index contributed by atoms with van der Waals surface area (Å²) in [6, 6.07) is 9.39. The van der Waals surface area contributed by atoms with Crippen molar-refractivity contribution in [2.45, 2.75) is 44.6 Å². The standard InChI is InChI=1S/C16H26N2/c1-13(17)12-14-5-7-16(8-6-14)15-4-3-10-18(2)11-9-15/h5-8,13,15H,3-4,9-12,17H2,1-2H3. The summed E-state index contributed by atoms with van der Waals surface area (Å²) in [4.78, 5) is 2.45. The van der Waals surface area contributed by atoms with Crippen molar-refractivity contribution in [2.75, 3.05) is 20.1 Å². The van der Waals surface area contributed by atoms with E-state index in [0.29, 0.717) is 0 Å². The van der Waals surface area contributed by atoms with E-state index < -0.39 is 0 Å². The lowest BCUT2D eigenvalue weighted by molar-refractivity contribution is 0.347. The average molecular weight is 246 g/mol. The Kier molecular flexibility index (Phi) is 4.79. The third-order valence-electron chi connectivity index (χ3n) is 3.96. The highest BCUT2D eigenvalue weighted by atomic mass is 15.1. The molecule has 1 heterocycles. The van der Waals surface area contributed by atoms with Gasteiger partial charge in [-0.3, -0.25) is 0 Å². The van der Waals surface area contributed by atoms with Crippen molar-refractivity contribution in [1.29, 1.82) is 0 Å². The summed E-state index contributed by atoms with van der Waals surface area (Å²) >= 11 is 0. The van der Waals surface area contributed by atoms with E-state index in [1.165, 1.54) is 43.5 Å². The van der Waals surface area contributed by atoms with Gasteiger partial charge in [0.25, 0.3) is 0 Å². The molecule has 0 aliphatic carbocycles. The molecule has 2 rings (SSSR count). The number of nitrogens with two attached hydrogens (primary N) is 1. The molecule has 18 heavy (non-hydrogen) atoms. The Hall–Kier alpha value is -0.860. The van der Waals surface area contributed by atoms with Crippen molar-refractivity contribution >= 4 is 0 Å². The molecule has 2 atom stereocenters. The molecule has 0 amide bonds. The lowest BCUT2D eigenvalue weighted by atomic mass is 9.91. The van der Waals surface area contributed by atoms with Gasteiger partial charge in [0.2, 0.25) is 0 Å². The van der Waals surface area contributed by atoms with Gasteiger partial charge >= 0.3 is 0 Å². The fourth-order valence-electron chi connectivity index (χ4n) is 2.87. The fourth-order valence-corrected chi connectivity index (χ4v) is 2.87. The Labute approximate surface area is 111 Å². The molecule has 0 spiro atoms. The summed E-state index contributed by atoms with van der Waals surface area (Å²) in [6.45, 7) is 4.54. The van der Waals surface area contributed by atoms with E-state index in [-0.39, 0.29) is 6.04 Å². The minimum absolute atomic E-state index is 0.252. The van der Waals surface area contributed by atoms with Crippen LogP contribution in [0.1, 0.15) is 43.2 Å². The lowest BCUT2D eigenvalue weighted by Gasteiger charge is -2.16. The van der Waals surface area contributed by atoms with E-state index in [9.17, 15) is 0 Å². The lowest BCUT2D eigenvalue weighted by Crippen LogP contribution is -2.18. The second-order valence-corrected chi connectivity index (χ2v) is 5.85. The Morgan fingerprint density at radius 3 is 2.61 bits per heavy atom. The molecule has 1 aliphatic rings.